The van der Waals surface area contributed by atoms with Gasteiger partial charge in [0.25, 0.3) is 0 Å². The molecule has 0 unspecified atom stereocenters. The van der Waals surface area contributed by atoms with Crippen molar-refractivity contribution < 1.29 is 14.3 Å². The maximum Gasteiger partial charge on any atom is 0.307 e. The highest BCUT2D eigenvalue weighted by atomic mass is 16.5. The van der Waals surface area contributed by atoms with E-state index in [1.54, 1.807) is 4.90 Å². The highest BCUT2D eigenvalue weighted by molar-refractivity contribution is 5.80. The second kappa shape index (κ2) is 6.92. The van der Waals surface area contributed by atoms with Crippen molar-refractivity contribution in [2.45, 2.75) is 33.6 Å². The molecule has 1 aromatic heterocycles. The van der Waals surface area contributed by atoms with E-state index in [2.05, 4.69) is 14.9 Å². The van der Waals surface area contributed by atoms with Crippen LogP contribution >= 0.6 is 0 Å². The van der Waals surface area contributed by atoms with Crippen LogP contribution in [-0.2, 0) is 20.7 Å². The van der Waals surface area contributed by atoms with Crippen molar-refractivity contribution in [1.29, 1.82) is 0 Å². The Morgan fingerprint density at radius 1 is 1.37 bits per heavy atom. The number of H-pyrrole nitrogens is 1. The number of carbonyl (C=O) groups is 2. The molecule has 0 aliphatic rings. The normalized spacial score (nSPS) is 10.3. The summed E-state index contributed by atoms with van der Waals surface area (Å²) >= 11 is 0. The Balaban J connectivity index is 2.62. The van der Waals surface area contributed by atoms with Gasteiger partial charge in [-0.25, -0.2) is 0 Å². The number of carbonyl (C=O) groups excluding carboxylic acids is 2. The number of esters is 1. The third-order valence-corrected chi connectivity index (χ3v) is 3.16. The number of rotatable bonds is 6. The standard InChI is InChI=1S/C13H21N3O3/c1-5-16(7-6-13(18)19-4)12(17)8-11-9(2)14-15-10(11)3/h5-8H2,1-4H3,(H,14,15). The van der Waals surface area contributed by atoms with Crippen LogP contribution in [0.25, 0.3) is 0 Å². The van der Waals surface area contributed by atoms with Crippen LogP contribution < -0.4 is 0 Å². The second-order valence-corrected chi connectivity index (χ2v) is 4.39. The fourth-order valence-electron chi connectivity index (χ4n) is 1.89. The van der Waals surface area contributed by atoms with Gasteiger partial charge < -0.3 is 9.64 Å². The average molecular weight is 267 g/mol. The maximum atomic E-state index is 12.2. The minimum atomic E-state index is -0.304. The SMILES string of the molecule is CCN(CCC(=O)OC)C(=O)Cc1c(C)n[nH]c1C. The van der Waals surface area contributed by atoms with Gasteiger partial charge in [-0.15, -0.1) is 0 Å². The smallest absolute Gasteiger partial charge is 0.307 e. The van der Waals surface area contributed by atoms with E-state index in [4.69, 9.17) is 0 Å². The molecule has 0 aromatic carbocycles. The molecule has 1 amide bonds. The zero-order chi connectivity index (χ0) is 14.4. The van der Waals surface area contributed by atoms with Crippen molar-refractivity contribution in [3.05, 3.63) is 17.0 Å². The van der Waals surface area contributed by atoms with Crippen LogP contribution in [0.1, 0.15) is 30.3 Å². The predicted octanol–water partition coefficient (Wildman–Crippen LogP) is 0.981. The Morgan fingerprint density at radius 3 is 2.53 bits per heavy atom. The Bertz CT molecular complexity index is 434. The molecule has 0 saturated heterocycles. The Kier molecular flexibility index (Phi) is 5.54. The molecule has 0 aliphatic heterocycles. The summed E-state index contributed by atoms with van der Waals surface area (Å²) < 4.78 is 4.58. The molecule has 6 nitrogen and oxygen atoms in total. The summed E-state index contributed by atoms with van der Waals surface area (Å²) in [5, 5.41) is 6.94. The van der Waals surface area contributed by atoms with Gasteiger partial charge in [-0.1, -0.05) is 0 Å². The average Bonchev–Trinajstić information content (AvgIpc) is 2.71. The van der Waals surface area contributed by atoms with E-state index in [9.17, 15) is 9.59 Å². The summed E-state index contributed by atoms with van der Waals surface area (Å²) in [6, 6.07) is 0. The zero-order valence-electron chi connectivity index (χ0n) is 11.9. The fourth-order valence-corrected chi connectivity index (χ4v) is 1.89. The van der Waals surface area contributed by atoms with Crippen molar-refractivity contribution in [2.75, 3.05) is 20.2 Å². The minimum Gasteiger partial charge on any atom is -0.469 e. The molecule has 0 fully saturated rings. The lowest BCUT2D eigenvalue weighted by Gasteiger charge is -2.20. The van der Waals surface area contributed by atoms with Crippen molar-refractivity contribution in [3.63, 3.8) is 0 Å². The van der Waals surface area contributed by atoms with Gasteiger partial charge in [0.2, 0.25) is 5.91 Å². The van der Waals surface area contributed by atoms with Gasteiger partial charge in [0, 0.05) is 24.3 Å². The Morgan fingerprint density at radius 2 is 2.05 bits per heavy atom. The van der Waals surface area contributed by atoms with Gasteiger partial charge in [-0.2, -0.15) is 5.10 Å². The maximum absolute atomic E-state index is 12.2. The van der Waals surface area contributed by atoms with Crippen molar-refractivity contribution in [1.82, 2.24) is 15.1 Å². The molecular weight excluding hydrogens is 246 g/mol. The minimum absolute atomic E-state index is 0.000923. The number of nitrogens with zero attached hydrogens (tertiary/aromatic N) is 2. The number of likely N-dealkylation sites (N-methyl/N-ethyl adjacent to an activating group) is 1. The molecule has 0 aliphatic carbocycles. The van der Waals surface area contributed by atoms with Crippen molar-refractivity contribution >= 4 is 11.9 Å². The van der Waals surface area contributed by atoms with E-state index in [1.165, 1.54) is 7.11 Å². The van der Waals surface area contributed by atoms with Crippen LogP contribution in [0.3, 0.4) is 0 Å². The number of hydrogen-bond acceptors (Lipinski definition) is 4. The third-order valence-electron chi connectivity index (χ3n) is 3.16. The van der Waals surface area contributed by atoms with Crippen LogP contribution in [0, 0.1) is 13.8 Å². The predicted molar refractivity (Wildman–Crippen MR) is 70.7 cm³/mol. The lowest BCUT2D eigenvalue weighted by molar-refractivity contribution is -0.141. The largest absolute Gasteiger partial charge is 0.469 e. The van der Waals surface area contributed by atoms with E-state index in [1.807, 2.05) is 20.8 Å². The van der Waals surface area contributed by atoms with Crippen LogP contribution in [-0.4, -0.2) is 47.2 Å². The summed E-state index contributed by atoms with van der Waals surface area (Å²) in [6.07, 6.45) is 0.530. The number of aromatic nitrogens is 2. The zero-order valence-corrected chi connectivity index (χ0v) is 11.9. The number of hydrogen-bond donors (Lipinski definition) is 1. The molecule has 0 spiro atoms. The fraction of sp³-hybridized carbons (Fsp3) is 0.615. The number of nitrogens with one attached hydrogen (secondary N) is 1. The number of aryl methyl sites for hydroxylation is 2. The van der Waals surface area contributed by atoms with Crippen molar-refractivity contribution in [3.8, 4) is 0 Å². The van der Waals surface area contributed by atoms with Crippen LogP contribution in [0.15, 0.2) is 0 Å². The molecule has 1 heterocycles. The van der Waals surface area contributed by atoms with Crippen LogP contribution in [0.4, 0.5) is 0 Å². The summed E-state index contributed by atoms with van der Waals surface area (Å²) in [5.74, 6) is -0.305. The van der Waals surface area contributed by atoms with Crippen LogP contribution in [0.5, 0.6) is 0 Å². The molecule has 6 heteroatoms. The van der Waals surface area contributed by atoms with Gasteiger partial charge in [0.15, 0.2) is 0 Å². The van der Waals surface area contributed by atoms with E-state index < -0.39 is 0 Å². The summed E-state index contributed by atoms with van der Waals surface area (Å²) in [4.78, 5) is 24.9. The van der Waals surface area contributed by atoms with Gasteiger partial charge in [0.1, 0.15) is 0 Å². The molecule has 0 bridgehead atoms. The lowest BCUT2D eigenvalue weighted by atomic mass is 10.1. The molecule has 0 radical (unpaired) electrons. The number of methoxy groups -OCH3 is 1. The van der Waals surface area contributed by atoms with Gasteiger partial charge in [0.05, 0.1) is 25.6 Å². The molecule has 19 heavy (non-hydrogen) atoms. The first kappa shape index (κ1) is 15.2. The van der Waals surface area contributed by atoms with Crippen LogP contribution in [0.2, 0.25) is 0 Å². The molecule has 0 saturated carbocycles. The van der Waals surface area contributed by atoms with E-state index >= 15 is 0 Å². The highest BCUT2D eigenvalue weighted by Crippen LogP contribution is 2.11. The van der Waals surface area contributed by atoms with E-state index in [0.29, 0.717) is 19.5 Å². The van der Waals surface area contributed by atoms with Gasteiger partial charge in [-0.3, -0.25) is 14.7 Å². The first-order valence-corrected chi connectivity index (χ1v) is 6.34. The highest BCUT2D eigenvalue weighted by Gasteiger charge is 2.17. The third kappa shape index (κ3) is 4.08. The number of ether oxygens (including phenoxy) is 1. The number of aromatic amines is 1. The van der Waals surface area contributed by atoms with Crippen molar-refractivity contribution in [2.24, 2.45) is 0 Å². The molecule has 0 atom stereocenters. The molecule has 1 aromatic rings. The Hall–Kier alpha value is -1.85. The second-order valence-electron chi connectivity index (χ2n) is 4.39. The molecular formula is C13H21N3O3. The van der Waals surface area contributed by atoms with Gasteiger partial charge >= 0.3 is 5.97 Å². The topological polar surface area (TPSA) is 75.3 Å². The van der Waals surface area contributed by atoms with E-state index in [-0.39, 0.29) is 18.3 Å². The monoisotopic (exact) mass is 267 g/mol. The molecule has 106 valence electrons. The number of amides is 1. The molecule has 1 rings (SSSR count). The summed E-state index contributed by atoms with van der Waals surface area (Å²) in [6.45, 7) is 6.62. The molecule has 1 N–H and O–H groups in total. The first-order valence-electron chi connectivity index (χ1n) is 6.34. The lowest BCUT2D eigenvalue weighted by Crippen LogP contribution is -2.34. The first-order chi connectivity index (χ1) is 8.99. The quantitative estimate of drug-likeness (QED) is 0.780. The summed E-state index contributed by atoms with van der Waals surface area (Å²) in [5.41, 5.74) is 2.69. The Labute approximate surface area is 113 Å². The van der Waals surface area contributed by atoms with Gasteiger partial charge in [-0.05, 0) is 20.8 Å². The van der Waals surface area contributed by atoms with E-state index in [0.717, 1.165) is 17.0 Å². The summed E-state index contributed by atoms with van der Waals surface area (Å²) in [7, 11) is 1.35.